The van der Waals surface area contributed by atoms with Gasteiger partial charge in [0.15, 0.2) is 0 Å². The first-order valence-corrected chi connectivity index (χ1v) is 11.6. The van der Waals surface area contributed by atoms with Crippen molar-refractivity contribution in [2.75, 3.05) is 11.9 Å². The maximum atomic E-state index is 11.4. The van der Waals surface area contributed by atoms with E-state index in [9.17, 15) is 8.42 Å². The lowest BCUT2D eigenvalue weighted by atomic mass is 10.1. The Morgan fingerprint density at radius 1 is 1.03 bits per heavy atom. The predicted octanol–water partition coefficient (Wildman–Crippen LogP) is 4.31. The number of aromatic nitrogens is 2. The summed E-state index contributed by atoms with van der Waals surface area (Å²) in [6.45, 7) is 0.636. The number of rotatable bonds is 6. The van der Waals surface area contributed by atoms with Gasteiger partial charge in [0.05, 0.1) is 10.3 Å². The van der Waals surface area contributed by atoms with Crippen LogP contribution in [0.1, 0.15) is 5.56 Å². The first kappa shape index (κ1) is 19.8. The van der Waals surface area contributed by atoms with Gasteiger partial charge in [0, 0.05) is 22.5 Å². The van der Waals surface area contributed by atoms with E-state index in [0.717, 1.165) is 32.7 Å². The van der Waals surface area contributed by atoms with Gasteiger partial charge in [0.1, 0.15) is 17.0 Å². The number of nitrogens with one attached hydrogen (secondary N) is 1. The van der Waals surface area contributed by atoms with Crippen LogP contribution < -0.4 is 10.5 Å². The van der Waals surface area contributed by atoms with E-state index >= 15 is 0 Å². The van der Waals surface area contributed by atoms with E-state index in [2.05, 4.69) is 20.7 Å². The van der Waals surface area contributed by atoms with Crippen molar-refractivity contribution in [3.63, 3.8) is 0 Å². The molecule has 0 aliphatic rings. The summed E-state index contributed by atoms with van der Waals surface area (Å²) in [7, 11) is -3.67. The molecule has 29 heavy (non-hydrogen) atoms. The molecule has 4 aromatic rings. The minimum absolute atomic E-state index is 0.109. The van der Waals surface area contributed by atoms with Crippen molar-refractivity contribution in [2.24, 2.45) is 5.14 Å². The number of benzene rings is 2. The van der Waals surface area contributed by atoms with Crippen LogP contribution >= 0.6 is 22.9 Å². The molecule has 148 valence electrons. The van der Waals surface area contributed by atoms with Crippen LogP contribution in [0.5, 0.6) is 0 Å². The molecule has 6 nitrogen and oxygen atoms in total. The van der Waals surface area contributed by atoms with Gasteiger partial charge in [0.2, 0.25) is 10.0 Å². The van der Waals surface area contributed by atoms with Gasteiger partial charge in [-0.1, -0.05) is 35.9 Å². The number of primary sulfonamides is 1. The summed E-state index contributed by atoms with van der Waals surface area (Å²) >= 11 is 7.58. The predicted molar refractivity (Wildman–Crippen MR) is 118 cm³/mol. The lowest BCUT2D eigenvalue weighted by Gasteiger charge is -2.09. The molecule has 9 heteroatoms. The highest BCUT2D eigenvalue weighted by atomic mass is 35.5. The van der Waals surface area contributed by atoms with E-state index in [1.165, 1.54) is 12.1 Å². The fraction of sp³-hybridized carbons (Fsp3) is 0.100. The second-order valence-corrected chi connectivity index (χ2v) is 9.28. The summed E-state index contributed by atoms with van der Waals surface area (Å²) in [5.74, 6) is 0.766. The van der Waals surface area contributed by atoms with Crippen LogP contribution in [0, 0.1) is 0 Å². The van der Waals surface area contributed by atoms with Crippen molar-refractivity contribution >= 4 is 49.0 Å². The number of thiophene rings is 1. The Bertz CT molecular complexity index is 1250. The average Bonchev–Trinajstić information content (AvgIpc) is 3.13. The number of hydrogen-bond donors (Lipinski definition) is 2. The van der Waals surface area contributed by atoms with Crippen molar-refractivity contribution < 1.29 is 8.42 Å². The minimum atomic E-state index is -3.67. The van der Waals surface area contributed by atoms with Crippen LogP contribution in [-0.2, 0) is 16.4 Å². The normalized spacial score (nSPS) is 11.7. The summed E-state index contributed by atoms with van der Waals surface area (Å²) < 4.78 is 22.7. The lowest BCUT2D eigenvalue weighted by molar-refractivity contribution is 0.598. The first-order chi connectivity index (χ1) is 13.9. The first-order valence-electron chi connectivity index (χ1n) is 8.75. The molecule has 4 rings (SSSR count). The minimum Gasteiger partial charge on any atom is -0.369 e. The van der Waals surface area contributed by atoms with Crippen LogP contribution in [0.2, 0.25) is 5.02 Å². The molecule has 3 N–H and O–H groups in total. The van der Waals surface area contributed by atoms with Gasteiger partial charge in [-0.2, -0.15) is 0 Å². The van der Waals surface area contributed by atoms with Crippen molar-refractivity contribution in [1.82, 2.24) is 9.97 Å². The van der Waals surface area contributed by atoms with E-state index in [1.54, 1.807) is 29.8 Å². The van der Waals surface area contributed by atoms with Crippen LogP contribution in [0.15, 0.2) is 65.1 Å². The molecule has 2 heterocycles. The zero-order chi connectivity index (χ0) is 20.4. The Hall–Kier alpha value is -2.52. The Kier molecular flexibility index (Phi) is 5.51. The molecule has 0 amide bonds. The van der Waals surface area contributed by atoms with E-state index < -0.39 is 10.0 Å². The SMILES string of the molecule is NS(=O)(=O)c1ccc(CCNc2ncnc3scc(-c4ccc(Cl)cc4)c23)cc1. The lowest BCUT2D eigenvalue weighted by Crippen LogP contribution is -2.12. The second kappa shape index (κ2) is 8.08. The van der Waals surface area contributed by atoms with Gasteiger partial charge in [-0.05, 0) is 41.8 Å². The van der Waals surface area contributed by atoms with Gasteiger partial charge in [-0.15, -0.1) is 11.3 Å². The van der Waals surface area contributed by atoms with Crippen molar-refractivity contribution in [3.8, 4) is 11.1 Å². The molecule has 0 saturated heterocycles. The van der Waals surface area contributed by atoms with Gasteiger partial charge in [-0.3, -0.25) is 0 Å². The number of nitrogens with two attached hydrogens (primary N) is 1. The molecule has 0 spiro atoms. The number of halogens is 1. The highest BCUT2D eigenvalue weighted by molar-refractivity contribution is 7.89. The zero-order valence-corrected chi connectivity index (χ0v) is 17.6. The zero-order valence-electron chi connectivity index (χ0n) is 15.2. The Morgan fingerprint density at radius 3 is 2.45 bits per heavy atom. The summed E-state index contributed by atoms with van der Waals surface area (Å²) in [6, 6.07) is 14.3. The van der Waals surface area contributed by atoms with Crippen molar-refractivity contribution in [1.29, 1.82) is 0 Å². The molecule has 0 aliphatic heterocycles. The molecule has 0 unspecified atom stereocenters. The van der Waals surface area contributed by atoms with Gasteiger partial charge < -0.3 is 5.32 Å². The smallest absolute Gasteiger partial charge is 0.238 e. The third-order valence-corrected chi connectivity index (χ3v) is 6.55. The number of hydrogen-bond acceptors (Lipinski definition) is 6. The summed E-state index contributed by atoms with van der Waals surface area (Å²) in [5.41, 5.74) is 3.11. The fourth-order valence-electron chi connectivity index (χ4n) is 3.02. The maximum Gasteiger partial charge on any atom is 0.238 e. The Balaban J connectivity index is 1.54. The number of anilines is 1. The number of sulfonamides is 1. The van der Waals surface area contributed by atoms with Gasteiger partial charge >= 0.3 is 0 Å². The van der Waals surface area contributed by atoms with Gasteiger partial charge in [-0.25, -0.2) is 23.5 Å². The third-order valence-electron chi connectivity index (χ3n) is 4.48. The highest BCUT2D eigenvalue weighted by Gasteiger charge is 2.13. The molecule has 0 bridgehead atoms. The monoisotopic (exact) mass is 444 g/mol. The topological polar surface area (TPSA) is 98.0 Å². The van der Waals surface area contributed by atoms with Crippen LogP contribution in [-0.4, -0.2) is 24.9 Å². The van der Waals surface area contributed by atoms with Crippen LogP contribution in [0.4, 0.5) is 5.82 Å². The quantitative estimate of drug-likeness (QED) is 0.461. The van der Waals surface area contributed by atoms with Gasteiger partial charge in [0.25, 0.3) is 0 Å². The number of nitrogens with zero attached hydrogens (tertiary/aromatic N) is 2. The number of fused-ring (bicyclic) bond motifs is 1. The molecular formula is C20H17ClN4O2S2. The Labute approximate surface area is 177 Å². The molecule has 0 radical (unpaired) electrons. The summed E-state index contributed by atoms with van der Waals surface area (Å²) in [4.78, 5) is 9.82. The summed E-state index contributed by atoms with van der Waals surface area (Å²) in [6.07, 6.45) is 2.25. The van der Waals surface area contributed by atoms with Crippen molar-refractivity contribution in [2.45, 2.75) is 11.3 Å². The average molecular weight is 445 g/mol. The van der Waals surface area contributed by atoms with Crippen LogP contribution in [0.3, 0.4) is 0 Å². The van der Waals surface area contributed by atoms with Crippen molar-refractivity contribution in [3.05, 3.63) is 70.8 Å². The van der Waals surface area contributed by atoms with E-state index in [0.29, 0.717) is 18.0 Å². The fourth-order valence-corrected chi connectivity index (χ4v) is 4.58. The van der Waals surface area contributed by atoms with E-state index in [4.69, 9.17) is 16.7 Å². The molecule has 0 aliphatic carbocycles. The molecule has 0 saturated carbocycles. The van der Waals surface area contributed by atoms with E-state index in [-0.39, 0.29) is 4.90 Å². The standard InChI is InChI=1S/C20H17ClN4O2S2/c21-15-5-3-14(4-6-15)17-11-28-20-18(17)19(24-12-25-20)23-10-9-13-1-7-16(8-2-13)29(22,26)27/h1-8,11-12H,9-10H2,(H2,22,26,27)(H,23,24,25). The molecular weight excluding hydrogens is 428 g/mol. The van der Waals surface area contributed by atoms with E-state index in [1.807, 2.05) is 24.3 Å². The second-order valence-electron chi connectivity index (χ2n) is 6.42. The Morgan fingerprint density at radius 2 is 1.76 bits per heavy atom. The molecule has 2 aromatic carbocycles. The van der Waals surface area contributed by atoms with Crippen LogP contribution in [0.25, 0.3) is 21.3 Å². The summed E-state index contributed by atoms with van der Waals surface area (Å²) in [5, 5.41) is 12.2. The third kappa shape index (κ3) is 4.40. The largest absolute Gasteiger partial charge is 0.369 e. The molecule has 0 atom stereocenters. The maximum absolute atomic E-state index is 11.4. The molecule has 0 fully saturated rings. The highest BCUT2D eigenvalue weighted by Crippen LogP contribution is 2.36. The molecule has 2 aromatic heterocycles.